The molecule has 1 saturated heterocycles. The van der Waals surface area contributed by atoms with E-state index in [1.807, 2.05) is 25.1 Å². The number of ether oxygens (including phenoxy) is 2. The number of fused-ring (bicyclic) bond motifs is 1. The summed E-state index contributed by atoms with van der Waals surface area (Å²) >= 11 is 0. The van der Waals surface area contributed by atoms with Gasteiger partial charge in [-0.2, -0.15) is 0 Å². The number of hydrogen-bond acceptors (Lipinski definition) is 5. The topological polar surface area (TPSA) is 75.7 Å². The largest absolute Gasteiger partial charge is 0.495 e. The first-order chi connectivity index (χ1) is 14.5. The van der Waals surface area contributed by atoms with Crippen molar-refractivity contribution in [2.75, 3.05) is 48.9 Å². The molecule has 8 heteroatoms. The number of aryl methyl sites for hydroxylation is 1. The number of anilines is 3. The molecule has 2 amide bonds. The van der Waals surface area contributed by atoms with E-state index in [0.29, 0.717) is 35.7 Å². The number of benzene rings is 2. The highest BCUT2D eigenvalue weighted by molar-refractivity contribution is 6.02. The Morgan fingerprint density at radius 3 is 2.70 bits per heavy atom. The molecule has 0 unspecified atom stereocenters. The maximum atomic E-state index is 14.7. The van der Waals surface area contributed by atoms with Crippen LogP contribution in [0.3, 0.4) is 0 Å². The molecule has 0 atom stereocenters. The molecule has 1 aliphatic heterocycles. The molecule has 0 radical (unpaired) electrons. The SMILES string of the molecule is COc1ccc(C)cc1NC(=O)Nc1cc(F)c2nc(N3CCOCC3)ccc2c1. The average molecular weight is 410 g/mol. The normalized spacial score (nSPS) is 13.9. The van der Waals surface area contributed by atoms with Gasteiger partial charge < -0.3 is 25.0 Å². The second kappa shape index (κ2) is 8.54. The van der Waals surface area contributed by atoms with Crippen molar-refractivity contribution >= 4 is 34.1 Å². The number of nitrogens with one attached hydrogen (secondary N) is 2. The van der Waals surface area contributed by atoms with Crippen LogP contribution >= 0.6 is 0 Å². The molecule has 2 N–H and O–H groups in total. The lowest BCUT2D eigenvalue weighted by atomic mass is 10.2. The number of methoxy groups -OCH3 is 1. The van der Waals surface area contributed by atoms with Crippen molar-refractivity contribution in [2.45, 2.75) is 6.92 Å². The summed E-state index contributed by atoms with van der Waals surface area (Å²) in [6.45, 7) is 4.63. The van der Waals surface area contributed by atoms with E-state index in [-0.39, 0.29) is 5.52 Å². The quantitative estimate of drug-likeness (QED) is 0.675. The van der Waals surface area contributed by atoms with Crippen LogP contribution in [0.4, 0.5) is 26.4 Å². The van der Waals surface area contributed by atoms with E-state index < -0.39 is 11.8 Å². The van der Waals surface area contributed by atoms with E-state index in [9.17, 15) is 9.18 Å². The summed E-state index contributed by atoms with van der Waals surface area (Å²) in [6.07, 6.45) is 0. The number of carbonyl (C=O) groups excluding carboxylic acids is 1. The maximum Gasteiger partial charge on any atom is 0.323 e. The van der Waals surface area contributed by atoms with Gasteiger partial charge in [-0.05, 0) is 48.9 Å². The fraction of sp³-hybridized carbons (Fsp3) is 0.273. The first kappa shape index (κ1) is 19.9. The van der Waals surface area contributed by atoms with Gasteiger partial charge in [-0.15, -0.1) is 0 Å². The number of rotatable bonds is 4. The molecule has 30 heavy (non-hydrogen) atoms. The van der Waals surface area contributed by atoms with Crippen LogP contribution in [0.5, 0.6) is 5.75 Å². The number of amides is 2. The predicted molar refractivity (Wildman–Crippen MR) is 115 cm³/mol. The molecule has 1 fully saturated rings. The molecule has 7 nitrogen and oxygen atoms in total. The zero-order valence-electron chi connectivity index (χ0n) is 16.9. The fourth-order valence-corrected chi connectivity index (χ4v) is 3.43. The maximum absolute atomic E-state index is 14.7. The summed E-state index contributed by atoms with van der Waals surface area (Å²) in [4.78, 5) is 19.0. The third kappa shape index (κ3) is 4.28. The van der Waals surface area contributed by atoms with Crippen molar-refractivity contribution < 1.29 is 18.7 Å². The second-order valence-corrected chi connectivity index (χ2v) is 7.08. The molecule has 1 aliphatic rings. The smallest absolute Gasteiger partial charge is 0.323 e. The fourth-order valence-electron chi connectivity index (χ4n) is 3.43. The third-order valence-corrected chi connectivity index (χ3v) is 4.93. The number of aromatic nitrogens is 1. The van der Waals surface area contributed by atoms with E-state index in [1.54, 1.807) is 18.2 Å². The van der Waals surface area contributed by atoms with Crippen molar-refractivity contribution in [2.24, 2.45) is 0 Å². The second-order valence-electron chi connectivity index (χ2n) is 7.08. The van der Waals surface area contributed by atoms with Gasteiger partial charge in [0.2, 0.25) is 0 Å². The van der Waals surface area contributed by atoms with Gasteiger partial charge in [0, 0.05) is 24.2 Å². The minimum Gasteiger partial charge on any atom is -0.495 e. The van der Waals surface area contributed by atoms with E-state index >= 15 is 0 Å². The summed E-state index contributed by atoms with van der Waals surface area (Å²) < 4.78 is 25.4. The molecular formula is C22H23FN4O3. The summed E-state index contributed by atoms with van der Waals surface area (Å²) in [5, 5.41) is 6.02. The zero-order valence-corrected chi connectivity index (χ0v) is 16.9. The molecule has 2 aromatic carbocycles. The van der Waals surface area contributed by atoms with Crippen LogP contribution in [-0.4, -0.2) is 44.4 Å². The Hall–Kier alpha value is -3.39. The van der Waals surface area contributed by atoms with Gasteiger partial charge in [-0.3, -0.25) is 0 Å². The van der Waals surface area contributed by atoms with Crippen molar-refractivity contribution in [3.8, 4) is 5.75 Å². The van der Waals surface area contributed by atoms with Gasteiger partial charge in [-0.1, -0.05) is 6.07 Å². The standard InChI is InChI=1S/C22H23FN4O3/c1-14-3-5-19(29-2)18(11-14)25-22(28)24-16-12-15-4-6-20(26-21(15)17(23)13-16)27-7-9-30-10-8-27/h3-6,11-13H,7-10H2,1-2H3,(H2,24,25,28). The van der Waals surface area contributed by atoms with Crippen molar-refractivity contribution in [1.82, 2.24) is 4.98 Å². The third-order valence-electron chi connectivity index (χ3n) is 4.93. The highest BCUT2D eigenvalue weighted by Gasteiger charge is 2.15. The number of carbonyl (C=O) groups is 1. The first-order valence-corrected chi connectivity index (χ1v) is 9.69. The highest BCUT2D eigenvalue weighted by Crippen LogP contribution is 2.27. The van der Waals surface area contributed by atoms with Crippen molar-refractivity contribution in [3.05, 3.63) is 53.8 Å². The van der Waals surface area contributed by atoms with Gasteiger partial charge in [0.05, 0.1) is 26.0 Å². The summed E-state index contributed by atoms with van der Waals surface area (Å²) in [6, 6.07) is 11.6. The summed E-state index contributed by atoms with van der Waals surface area (Å²) in [5.41, 5.74) is 2.12. The van der Waals surface area contributed by atoms with E-state index in [4.69, 9.17) is 9.47 Å². The van der Waals surface area contributed by atoms with E-state index in [1.165, 1.54) is 13.2 Å². The Morgan fingerprint density at radius 2 is 1.93 bits per heavy atom. The Kier molecular flexibility index (Phi) is 5.67. The lowest BCUT2D eigenvalue weighted by molar-refractivity contribution is 0.122. The Bertz CT molecular complexity index is 1080. The number of urea groups is 1. The molecule has 156 valence electrons. The molecular weight excluding hydrogens is 387 g/mol. The minimum atomic E-state index is -0.494. The average Bonchev–Trinajstić information content (AvgIpc) is 2.74. The van der Waals surface area contributed by atoms with Crippen LogP contribution < -0.4 is 20.3 Å². The lowest BCUT2D eigenvalue weighted by Crippen LogP contribution is -2.36. The molecule has 2 heterocycles. The number of hydrogen-bond donors (Lipinski definition) is 2. The lowest BCUT2D eigenvalue weighted by Gasteiger charge is -2.28. The van der Waals surface area contributed by atoms with Crippen LogP contribution in [0.25, 0.3) is 10.9 Å². The van der Waals surface area contributed by atoms with Crippen LogP contribution in [0, 0.1) is 12.7 Å². The molecule has 0 aliphatic carbocycles. The van der Waals surface area contributed by atoms with Crippen LogP contribution in [0.2, 0.25) is 0 Å². The Labute approximate surface area is 173 Å². The summed E-state index contributed by atoms with van der Waals surface area (Å²) in [5.74, 6) is 0.765. The van der Waals surface area contributed by atoms with Gasteiger partial charge in [-0.25, -0.2) is 14.2 Å². The molecule has 0 spiro atoms. The molecule has 0 saturated carbocycles. The predicted octanol–water partition coefficient (Wildman–Crippen LogP) is 4.17. The van der Waals surface area contributed by atoms with Crippen molar-refractivity contribution in [1.29, 1.82) is 0 Å². The van der Waals surface area contributed by atoms with Gasteiger partial charge in [0.25, 0.3) is 0 Å². The number of halogens is 1. The molecule has 0 bridgehead atoms. The first-order valence-electron chi connectivity index (χ1n) is 9.69. The Balaban J connectivity index is 1.53. The number of nitrogens with zero attached hydrogens (tertiary/aromatic N) is 2. The van der Waals surface area contributed by atoms with Gasteiger partial charge in [0.1, 0.15) is 17.1 Å². The zero-order chi connectivity index (χ0) is 21.1. The van der Waals surface area contributed by atoms with Crippen LogP contribution in [-0.2, 0) is 4.74 Å². The van der Waals surface area contributed by atoms with Crippen LogP contribution in [0.15, 0.2) is 42.5 Å². The summed E-state index contributed by atoms with van der Waals surface area (Å²) in [7, 11) is 1.53. The number of pyridine rings is 1. The molecule has 1 aromatic heterocycles. The van der Waals surface area contributed by atoms with Gasteiger partial charge in [0.15, 0.2) is 5.82 Å². The number of morpholine rings is 1. The highest BCUT2D eigenvalue weighted by atomic mass is 19.1. The van der Waals surface area contributed by atoms with Crippen molar-refractivity contribution in [3.63, 3.8) is 0 Å². The van der Waals surface area contributed by atoms with E-state index in [2.05, 4.69) is 20.5 Å². The Morgan fingerprint density at radius 1 is 1.13 bits per heavy atom. The van der Waals surface area contributed by atoms with E-state index in [0.717, 1.165) is 24.5 Å². The monoisotopic (exact) mass is 410 g/mol. The molecule has 3 aromatic rings. The molecule has 4 rings (SSSR count). The van der Waals surface area contributed by atoms with Crippen LogP contribution in [0.1, 0.15) is 5.56 Å². The minimum absolute atomic E-state index is 0.269. The van der Waals surface area contributed by atoms with Gasteiger partial charge >= 0.3 is 6.03 Å².